The van der Waals surface area contributed by atoms with Crippen molar-refractivity contribution in [2.75, 3.05) is 26.2 Å². The Morgan fingerprint density at radius 2 is 1.64 bits per heavy atom. The fraction of sp³-hybridized carbons (Fsp3) is 0.457. The number of nitriles is 1. The average Bonchev–Trinajstić information content (AvgIpc) is 3.30. The molecule has 9 nitrogen and oxygen atoms in total. The Morgan fingerprint density at radius 3 is 2.32 bits per heavy atom. The number of aromatic nitrogens is 2. The quantitative estimate of drug-likeness (QED) is 0.278. The van der Waals surface area contributed by atoms with E-state index in [9.17, 15) is 10.1 Å². The van der Waals surface area contributed by atoms with Gasteiger partial charge in [0.15, 0.2) is 11.5 Å². The number of piperidine rings is 2. The van der Waals surface area contributed by atoms with Crippen LogP contribution in [0.1, 0.15) is 63.4 Å². The van der Waals surface area contributed by atoms with E-state index in [4.69, 9.17) is 19.2 Å². The Hall–Kier alpha value is -4.29. The summed E-state index contributed by atoms with van der Waals surface area (Å²) >= 11 is 0. The van der Waals surface area contributed by atoms with Gasteiger partial charge >= 0.3 is 6.09 Å². The molecule has 0 saturated carbocycles. The number of hydrogen-bond donors (Lipinski definition) is 1. The molecule has 2 aliphatic heterocycles. The van der Waals surface area contributed by atoms with Crippen molar-refractivity contribution in [3.05, 3.63) is 65.5 Å². The highest BCUT2D eigenvalue weighted by molar-refractivity contribution is 5.91. The zero-order valence-electron chi connectivity index (χ0n) is 26.1. The molecule has 0 aliphatic carbocycles. The number of imidazole rings is 1. The summed E-state index contributed by atoms with van der Waals surface area (Å²) in [5, 5.41) is 15.1. The molecule has 6 rings (SSSR count). The van der Waals surface area contributed by atoms with Gasteiger partial charge in [0.25, 0.3) is 0 Å². The van der Waals surface area contributed by atoms with E-state index in [0.717, 1.165) is 64.9 Å². The normalized spacial score (nSPS) is 16.7. The molecule has 230 valence electrons. The maximum absolute atomic E-state index is 12.6. The summed E-state index contributed by atoms with van der Waals surface area (Å²) in [6.45, 7) is 11.3. The second kappa shape index (κ2) is 12.4. The van der Waals surface area contributed by atoms with Crippen LogP contribution in [0.3, 0.4) is 0 Å². The van der Waals surface area contributed by atoms with Gasteiger partial charge < -0.3 is 29.0 Å². The summed E-state index contributed by atoms with van der Waals surface area (Å²) < 4.78 is 21.0. The minimum Gasteiger partial charge on any atom is -0.486 e. The number of hydrogen-bond acceptors (Lipinski definition) is 7. The first-order valence-corrected chi connectivity index (χ1v) is 15.6. The topological polar surface area (TPSA) is 102 Å². The minimum absolute atomic E-state index is 0.0466. The summed E-state index contributed by atoms with van der Waals surface area (Å²) in [7, 11) is 0. The van der Waals surface area contributed by atoms with Crippen LogP contribution in [0.25, 0.3) is 21.8 Å². The summed E-state index contributed by atoms with van der Waals surface area (Å²) in [4.78, 5) is 19.3. The maximum atomic E-state index is 12.6. The van der Waals surface area contributed by atoms with Crippen molar-refractivity contribution in [3.8, 4) is 17.6 Å². The number of amides is 1. The van der Waals surface area contributed by atoms with Crippen LogP contribution in [0.4, 0.5) is 4.79 Å². The van der Waals surface area contributed by atoms with Gasteiger partial charge in [0, 0.05) is 44.6 Å². The molecule has 2 fully saturated rings. The molecule has 0 unspecified atom stereocenters. The number of fused-ring (bicyclic) bond motifs is 2. The van der Waals surface area contributed by atoms with Crippen LogP contribution in [0, 0.1) is 18.3 Å². The largest absolute Gasteiger partial charge is 0.486 e. The lowest BCUT2D eigenvalue weighted by molar-refractivity contribution is 0.0122. The highest BCUT2D eigenvalue weighted by atomic mass is 16.6. The lowest BCUT2D eigenvalue weighted by Crippen LogP contribution is -2.44. The van der Waals surface area contributed by atoms with E-state index in [2.05, 4.69) is 28.1 Å². The molecule has 1 amide bonds. The van der Waals surface area contributed by atoms with Crippen LogP contribution in [0.2, 0.25) is 0 Å². The second-order valence-corrected chi connectivity index (χ2v) is 12.8. The predicted octanol–water partition coefficient (Wildman–Crippen LogP) is 6.33. The number of rotatable bonds is 6. The van der Waals surface area contributed by atoms with Crippen molar-refractivity contribution in [2.45, 2.75) is 77.7 Å². The zero-order valence-corrected chi connectivity index (χ0v) is 26.1. The number of likely N-dealkylation sites (tertiary alicyclic amines) is 1. The lowest BCUT2D eigenvalue weighted by Gasteiger charge is -2.34. The minimum atomic E-state index is -0.518. The van der Waals surface area contributed by atoms with Crippen LogP contribution < -0.4 is 14.8 Å². The first kappa shape index (κ1) is 29.8. The zero-order chi connectivity index (χ0) is 30.8. The van der Waals surface area contributed by atoms with Crippen LogP contribution in [0.5, 0.6) is 11.5 Å². The van der Waals surface area contributed by atoms with E-state index in [1.165, 1.54) is 0 Å². The number of ether oxygens (including phenoxy) is 3. The number of carbonyl (C=O) groups excluding carboxylic acids is 1. The maximum Gasteiger partial charge on any atom is 0.410 e. The van der Waals surface area contributed by atoms with Crippen molar-refractivity contribution in [1.29, 1.82) is 5.26 Å². The van der Waals surface area contributed by atoms with Crippen LogP contribution in [-0.2, 0) is 11.3 Å². The smallest absolute Gasteiger partial charge is 0.410 e. The Morgan fingerprint density at radius 1 is 0.977 bits per heavy atom. The molecule has 1 N–H and O–H groups in total. The summed E-state index contributed by atoms with van der Waals surface area (Å²) in [5.74, 6) is 2.31. The third-order valence-corrected chi connectivity index (χ3v) is 8.43. The van der Waals surface area contributed by atoms with Crippen molar-refractivity contribution < 1.29 is 19.0 Å². The first-order chi connectivity index (χ1) is 21.2. The van der Waals surface area contributed by atoms with Crippen LogP contribution >= 0.6 is 0 Å². The summed E-state index contributed by atoms with van der Waals surface area (Å²) in [6, 6.07) is 18.4. The van der Waals surface area contributed by atoms with Gasteiger partial charge in [-0.15, -0.1) is 0 Å². The number of benzene rings is 3. The first-order valence-electron chi connectivity index (χ1n) is 15.6. The van der Waals surface area contributed by atoms with Crippen molar-refractivity contribution in [2.24, 2.45) is 0 Å². The fourth-order valence-corrected chi connectivity index (χ4v) is 6.16. The van der Waals surface area contributed by atoms with Gasteiger partial charge in [0.05, 0.1) is 22.7 Å². The van der Waals surface area contributed by atoms with E-state index in [-0.39, 0.29) is 18.3 Å². The predicted molar refractivity (Wildman–Crippen MR) is 170 cm³/mol. The molecule has 44 heavy (non-hydrogen) atoms. The molecular formula is C35H41N5O4. The Bertz CT molecular complexity index is 1700. The van der Waals surface area contributed by atoms with Crippen molar-refractivity contribution in [1.82, 2.24) is 19.8 Å². The SMILES string of the molecule is Cc1nc2cc(OC3CCN(C(=O)OC(C)(C)C)CC3)c(OC3CCNCC3)cc2n1Cc1ccc(C#N)c2ccccc12. The monoisotopic (exact) mass is 595 g/mol. The lowest BCUT2D eigenvalue weighted by atomic mass is 10.00. The number of aryl methyl sites for hydroxylation is 1. The van der Waals surface area contributed by atoms with Crippen LogP contribution in [-0.4, -0.2) is 64.5 Å². The fourth-order valence-electron chi connectivity index (χ4n) is 6.16. The standard InChI is InChI=1S/C35H41N5O4/c1-23-38-30-19-32(43-27-13-17-39(18-14-27)34(41)44-35(2,3)4)33(42-26-11-15-37-16-12-26)20-31(30)40(23)22-25-10-9-24(21-36)28-7-5-6-8-29(25)28/h5-10,19-20,26-27,37H,11-18,22H2,1-4H3. The van der Waals surface area contributed by atoms with Gasteiger partial charge in [-0.2, -0.15) is 5.26 Å². The highest BCUT2D eigenvalue weighted by Crippen LogP contribution is 2.37. The van der Waals surface area contributed by atoms with Gasteiger partial charge in [-0.25, -0.2) is 9.78 Å². The summed E-state index contributed by atoms with van der Waals surface area (Å²) in [5.41, 5.74) is 3.11. The van der Waals surface area contributed by atoms with E-state index in [1.807, 2.05) is 64.1 Å². The molecule has 0 bridgehead atoms. The Balaban J connectivity index is 1.29. The van der Waals surface area contributed by atoms with Gasteiger partial charge in [0.2, 0.25) is 0 Å². The molecule has 2 saturated heterocycles. The number of carbonyl (C=O) groups is 1. The molecule has 3 aromatic carbocycles. The molecule has 9 heteroatoms. The second-order valence-electron chi connectivity index (χ2n) is 12.8. The molecule has 2 aliphatic rings. The molecule has 0 spiro atoms. The van der Waals surface area contributed by atoms with E-state index in [1.54, 1.807) is 4.90 Å². The molecule has 4 aromatic rings. The molecule has 3 heterocycles. The molecule has 0 atom stereocenters. The van der Waals surface area contributed by atoms with Gasteiger partial charge in [-0.1, -0.05) is 30.3 Å². The molecular weight excluding hydrogens is 554 g/mol. The summed E-state index contributed by atoms with van der Waals surface area (Å²) in [6.07, 6.45) is 3.07. The van der Waals surface area contributed by atoms with Crippen LogP contribution in [0.15, 0.2) is 48.5 Å². The van der Waals surface area contributed by atoms with E-state index >= 15 is 0 Å². The van der Waals surface area contributed by atoms with E-state index in [0.29, 0.717) is 43.8 Å². The average molecular weight is 596 g/mol. The number of nitrogens with zero attached hydrogens (tertiary/aromatic N) is 4. The van der Waals surface area contributed by atoms with Gasteiger partial charge in [-0.3, -0.25) is 0 Å². The van der Waals surface area contributed by atoms with Gasteiger partial charge in [-0.05, 0) is 76.0 Å². The highest BCUT2D eigenvalue weighted by Gasteiger charge is 2.29. The molecule has 1 aromatic heterocycles. The third kappa shape index (κ3) is 6.46. The Labute approximate surface area is 258 Å². The Kier molecular flexibility index (Phi) is 8.37. The molecule has 0 radical (unpaired) electrons. The van der Waals surface area contributed by atoms with Gasteiger partial charge in [0.1, 0.15) is 23.6 Å². The van der Waals surface area contributed by atoms with E-state index < -0.39 is 5.60 Å². The number of nitrogens with one attached hydrogen (secondary N) is 1. The van der Waals surface area contributed by atoms with Crippen molar-refractivity contribution in [3.63, 3.8) is 0 Å². The third-order valence-electron chi connectivity index (χ3n) is 8.43. The van der Waals surface area contributed by atoms with Crippen molar-refractivity contribution >= 4 is 27.9 Å².